The first-order valence-corrected chi connectivity index (χ1v) is 4.30. The van der Waals surface area contributed by atoms with Gasteiger partial charge in [0.05, 0.1) is 6.61 Å². The molecule has 0 saturated heterocycles. The first kappa shape index (κ1) is 8.97. The SMILES string of the molecule is CNC1CCC(COO)CC1. The molecule has 0 aliphatic heterocycles. The van der Waals surface area contributed by atoms with Crippen molar-refractivity contribution in [1.82, 2.24) is 5.32 Å². The molecule has 0 spiro atoms. The van der Waals surface area contributed by atoms with E-state index in [1.54, 1.807) is 0 Å². The molecule has 2 N–H and O–H groups in total. The third-order valence-electron chi connectivity index (χ3n) is 2.57. The number of hydrogen-bond donors (Lipinski definition) is 2. The summed E-state index contributed by atoms with van der Waals surface area (Å²) in [7, 11) is 2.01. The second-order valence-corrected chi connectivity index (χ2v) is 3.30. The fourth-order valence-corrected chi connectivity index (χ4v) is 1.72. The zero-order chi connectivity index (χ0) is 8.10. The van der Waals surface area contributed by atoms with Crippen LogP contribution in [-0.2, 0) is 4.89 Å². The monoisotopic (exact) mass is 159 g/mol. The summed E-state index contributed by atoms with van der Waals surface area (Å²) in [5, 5.41) is 11.5. The number of rotatable bonds is 3. The molecule has 1 rings (SSSR count). The Morgan fingerprint density at radius 1 is 1.36 bits per heavy atom. The highest BCUT2D eigenvalue weighted by atomic mass is 17.1. The van der Waals surface area contributed by atoms with E-state index >= 15 is 0 Å². The zero-order valence-electron chi connectivity index (χ0n) is 7.05. The van der Waals surface area contributed by atoms with Gasteiger partial charge < -0.3 is 5.32 Å². The molecule has 0 aromatic rings. The van der Waals surface area contributed by atoms with Crippen LogP contribution >= 0.6 is 0 Å². The second kappa shape index (κ2) is 4.70. The molecule has 3 nitrogen and oxygen atoms in total. The van der Waals surface area contributed by atoms with E-state index in [9.17, 15) is 0 Å². The third kappa shape index (κ3) is 2.77. The number of hydrogen-bond acceptors (Lipinski definition) is 3. The molecule has 0 amide bonds. The van der Waals surface area contributed by atoms with Gasteiger partial charge >= 0.3 is 0 Å². The Hall–Kier alpha value is -0.120. The summed E-state index contributed by atoms with van der Waals surface area (Å²) in [6, 6.07) is 0.685. The Kier molecular flexibility index (Phi) is 3.83. The van der Waals surface area contributed by atoms with E-state index < -0.39 is 0 Å². The van der Waals surface area contributed by atoms with E-state index in [4.69, 9.17) is 5.26 Å². The molecule has 66 valence electrons. The van der Waals surface area contributed by atoms with Crippen molar-refractivity contribution >= 4 is 0 Å². The number of nitrogens with one attached hydrogen (secondary N) is 1. The summed E-state index contributed by atoms with van der Waals surface area (Å²) in [6.07, 6.45) is 4.77. The van der Waals surface area contributed by atoms with Gasteiger partial charge in [0.15, 0.2) is 0 Å². The summed E-state index contributed by atoms with van der Waals surface area (Å²) >= 11 is 0. The summed E-state index contributed by atoms with van der Waals surface area (Å²) in [5.41, 5.74) is 0. The summed E-state index contributed by atoms with van der Waals surface area (Å²) < 4.78 is 0. The smallest absolute Gasteiger partial charge is 0.0847 e. The molecular weight excluding hydrogens is 142 g/mol. The molecule has 3 heteroatoms. The van der Waals surface area contributed by atoms with E-state index in [-0.39, 0.29) is 0 Å². The average molecular weight is 159 g/mol. The van der Waals surface area contributed by atoms with Crippen LogP contribution in [0.15, 0.2) is 0 Å². The van der Waals surface area contributed by atoms with Gasteiger partial charge in [-0.25, -0.2) is 4.89 Å². The molecule has 0 heterocycles. The van der Waals surface area contributed by atoms with Crippen LogP contribution in [0.1, 0.15) is 25.7 Å². The molecule has 0 radical (unpaired) electrons. The van der Waals surface area contributed by atoms with Gasteiger partial charge in [-0.2, -0.15) is 0 Å². The molecule has 1 aliphatic carbocycles. The lowest BCUT2D eigenvalue weighted by atomic mass is 9.87. The largest absolute Gasteiger partial charge is 0.317 e. The average Bonchev–Trinajstić information content (AvgIpc) is 2.07. The molecule has 1 saturated carbocycles. The van der Waals surface area contributed by atoms with Crippen LogP contribution in [0.3, 0.4) is 0 Å². The summed E-state index contributed by atoms with van der Waals surface area (Å²) in [5.74, 6) is 0.574. The molecule has 0 atom stereocenters. The predicted molar refractivity (Wildman–Crippen MR) is 43.4 cm³/mol. The lowest BCUT2D eigenvalue weighted by Gasteiger charge is -2.26. The van der Waals surface area contributed by atoms with E-state index in [1.807, 2.05) is 7.05 Å². The fraction of sp³-hybridized carbons (Fsp3) is 1.00. The molecule has 1 fully saturated rings. The molecule has 1 aliphatic rings. The van der Waals surface area contributed by atoms with Crippen molar-refractivity contribution in [2.75, 3.05) is 13.7 Å². The Morgan fingerprint density at radius 2 is 2.00 bits per heavy atom. The highest BCUT2D eigenvalue weighted by Crippen LogP contribution is 2.23. The minimum Gasteiger partial charge on any atom is -0.317 e. The van der Waals surface area contributed by atoms with Gasteiger partial charge in [0.25, 0.3) is 0 Å². The molecule has 0 aromatic carbocycles. The molecule has 0 bridgehead atoms. The van der Waals surface area contributed by atoms with Crippen LogP contribution in [0, 0.1) is 5.92 Å². The van der Waals surface area contributed by atoms with Gasteiger partial charge in [-0.3, -0.25) is 5.26 Å². The van der Waals surface area contributed by atoms with Crippen LogP contribution < -0.4 is 5.32 Å². The minimum atomic E-state index is 0.510. The highest BCUT2D eigenvalue weighted by molar-refractivity contribution is 4.75. The first-order valence-electron chi connectivity index (χ1n) is 4.30. The van der Waals surface area contributed by atoms with Crippen molar-refractivity contribution in [1.29, 1.82) is 0 Å². The fourth-order valence-electron chi connectivity index (χ4n) is 1.72. The summed E-state index contributed by atoms with van der Waals surface area (Å²) in [4.78, 5) is 4.13. The van der Waals surface area contributed by atoms with Crippen molar-refractivity contribution in [2.45, 2.75) is 31.7 Å². The maximum atomic E-state index is 8.23. The maximum absolute atomic E-state index is 8.23. The molecular formula is C8H17NO2. The standard InChI is InChI=1S/C8H17NO2/c1-9-8-4-2-7(3-5-8)6-11-10/h7-10H,2-6H2,1H3. The van der Waals surface area contributed by atoms with Crippen molar-refractivity contribution < 1.29 is 10.1 Å². The van der Waals surface area contributed by atoms with Crippen molar-refractivity contribution in [3.63, 3.8) is 0 Å². The molecule has 0 aromatic heterocycles. The van der Waals surface area contributed by atoms with E-state index in [1.165, 1.54) is 25.7 Å². The maximum Gasteiger partial charge on any atom is 0.0847 e. The Bertz CT molecular complexity index is 100. The first-order chi connectivity index (χ1) is 5.36. The van der Waals surface area contributed by atoms with Crippen molar-refractivity contribution in [2.24, 2.45) is 5.92 Å². The van der Waals surface area contributed by atoms with E-state index in [2.05, 4.69) is 10.2 Å². The van der Waals surface area contributed by atoms with Gasteiger partial charge in [0, 0.05) is 6.04 Å². The van der Waals surface area contributed by atoms with Gasteiger partial charge in [-0.05, 0) is 38.6 Å². The minimum absolute atomic E-state index is 0.510. The van der Waals surface area contributed by atoms with Gasteiger partial charge in [-0.15, -0.1) is 0 Å². The molecule has 11 heavy (non-hydrogen) atoms. The van der Waals surface area contributed by atoms with Gasteiger partial charge in [0.1, 0.15) is 0 Å². The lowest BCUT2D eigenvalue weighted by Crippen LogP contribution is -2.31. The zero-order valence-corrected chi connectivity index (χ0v) is 7.05. The van der Waals surface area contributed by atoms with E-state index in [0.29, 0.717) is 18.6 Å². The van der Waals surface area contributed by atoms with Crippen molar-refractivity contribution in [3.8, 4) is 0 Å². The third-order valence-corrected chi connectivity index (χ3v) is 2.57. The Morgan fingerprint density at radius 3 is 2.45 bits per heavy atom. The Labute approximate surface area is 67.7 Å². The van der Waals surface area contributed by atoms with Crippen molar-refractivity contribution in [3.05, 3.63) is 0 Å². The summed E-state index contributed by atoms with van der Waals surface area (Å²) in [6.45, 7) is 0.510. The van der Waals surface area contributed by atoms with Crippen LogP contribution in [0.4, 0.5) is 0 Å². The quantitative estimate of drug-likeness (QED) is 0.481. The highest BCUT2D eigenvalue weighted by Gasteiger charge is 2.19. The Balaban J connectivity index is 2.14. The van der Waals surface area contributed by atoms with Crippen LogP contribution in [0.5, 0.6) is 0 Å². The van der Waals surface area contributed by atoms with Gasteiger partial charge in [0.2, 0.25) is 0 Å². The predicted octanol–water partition coefficient (Wildman–Crippen LogP) is 1.25. The lowest BCUT2D eigenvalue weighted by molar-refractivity contribution is -0.252. The van der Waals surface area contributed by atoms with E-state index in [0.717, 1.165) is 0 Å². The second-order valence-electron chi connectivity index (χ2n) is 3.30. The van der Waals surface area contributed by atoms with Gasteiger partial charge in [-0.1, -0.05) is 0 Å². The topological polar surface area (TPSA) is 41.5 Å². The van der Waals surface area contributed by atoms with Crippen LogP contribution in [0.2, 0.25) is 0 Å². The normalized spacial score (nSPS) is 32.2. The van der Waals surface area contributed by atoms with Crippen LogP contribution in [-0.4, -0.2) is 25.0 Å². The van der Waals surface area contributed by atoms with Crippen LogP contribution in [0.25, 0.3) is 0 Å². The molecule has 0 unspecified atom stereocenters.